The molecule has 11 amide bonds. The minimum atomic E-state index is -1.80. The summed E-state index contributed by atoms with van der Waals surface area (Å²) in [4.78, 5) is 165. The number of aliphatic hydroxyl groups is 2. The van der Waals surface area contributed by atoms with E-state index in [1.165, 1.54) is 13.8 Å². The van der Waals surface area contributed by atoms with Crippen molar-refractivity contribution in [2.75, 3.05) is 13.2 Å². The van der Waals surface area contributed by atoms with Crippen molar-refractivity contribution in [3.63, 3.8) is 0 Å². The topological polar surface area (TPSA) is 401 Å². The van der Waals surface area contributed by atoms with Crippen LogP contribution in [0.3, 0.4) is 0 Å². The molecule has 0 aromatic heterocycles. The van der Waals surface area contributed by atoms with Gasteiger partial charge in [0.15, 0.2) is 0 Å². The Morgan fingerprint density at radius 3 is 1.44 bits per heavy atom. The largest absolute Gasteiger partial charge is 0.458 e. The second kappa shape index (κ2) is 36.6. The van der Waals surface area contributed by atoms with Gasteiger partial charge in [-0.25, -0.2) is 4.79 Å². The molecule has 2 rings (SSSR count). The van der Waals surface area contributed by atoms with Crippen LogP contribution < -0.4 is 58.9 Å². The molecule has 1 heterocycles. The number of primary amides is 1. The maximum Gasteiger partial charge on any atom is 0.329 e. The fourth-order valence-corrected chi connectivity index (χ4v) is 9.17. The number of cyclic esters (lactones) is 1. The monoisotopic (exact) mass is 1200 g/mol. The molecule has 0 bridgehead atoms. The van der Waals surface area contributed by atoms with Crippen LogP contribution in [0.4, 0.5) is 0 Å². The Morgan fingerprint density at radius 1 is 0.529 bits per heavy atom. The van der Waals surface area contributed by atoms with Gasteiger partial charge in [-0.05, 0) is 68.3 Å². The molecule has 1 fully saturated rings. The van der Waals surface area contributed by atoms with Crippen LogP contribution in [0.5, 0.6) is 0 Å². The predicted octanol–water partition coefficient (Wildman–Crippen LogP) is -0.451. The van der Waals surface area contributed by atoms with Gasteiger partial charge in [0.1, 0.15) is 66.5 Å². The van der Waals surface area contributed by atoms with Crippen molar-refractivity contribution in [3.8, 4) is 0 Å². The Morgan fingerprint density at radius 2 is 0.965 bits per heavy atom. The molecule has 26 nitrogen and oxygen atoms in total. The highest BCUT2D eigenvalue weighted by Crippen LogP contribution is 2.19. The van der Waals surface area contributed by atoms with Gasteiger partial charge >= 0.3 is 5.97 Å². The fraction of sp³-hybridized carbons (Fsp3) is 0.695. The molecule has 0 aliphatic carbocycles. The third-order valence-corrected chi connectivity index (χ3v) is 16.2. The number of carbonyl (C=O) groups excluding carboxylic acids is 12. The first-order valence-corrected chi connectivity index (χ1v) is 29.9. The summed E-state index contributed by atoms with van der Waals surface area (Å²) in [6, 6.07) is -5.03. The zero-order valence-electron chi connectivity index (χ0n) is 51.8. The number of nitrogens with one attached hydrogen (secondary N) is 10. The first-order chi connectivity index (χ1) is 40.1. The van der Waals surface area contributed by atoms with Gasteiger partial charge in [0, 0.05) is 12.3 Å². The summed E-state index contributed by atoms with van der Waals surface area (Å²) in [5, 5.41) is 46.6. The van der Waals surface area contributed by atoms with Gasteiger partial charge in [-0.2, -0.15) is 0 Å². The van der Waals surface area contributed by atoms with Gasteiger partial charge in [-0.3, -0.25) is 52.7 Å². The normalized spacial score (nSPS) is 21.8. The third-order valence-electron chi connectivity index (χ3n) is 16.2. The third kappa shape index (κ3) is 22.6. The molecule has 14 N–H and O–H groups in total. The van der Waals surface area contributed by atoms with Crippen molar-refractivity contribution in [1.82, 2.24) is 53.2 Å². The first-order valence-electron chi connectivity index (χ1n) is 29.9. The van der Waals surface area contributed by atoms with Crippen LogP contribution in [0.25, 0.3) is 0 Å². The second-order valence-electron chi connectivity index (χ2n) is 22.6. The van der Waals surface area contributed by atoms with E-state index >= 15 is 0 Å². The molecule has 1 aliphatic rings. The predicted molar refractivity (Wildman–Crippen MR) is 314 cm³/mol. The number of esters is 1. The summed E-state index contributed by atoms with van der Waals surface area (Å²) in [6.45, 7) is 19.7. The molecule has 478 valence electrons. The SMILES string of the molecule is CCC(C)[C@@H]1NC(=O)[C@H](C)NC(=O)[C@H](NC(=O)[C@H](CO)NC(=O)[C@@H](NC(=O)[C@H](NC(=O)[C@@H](CCC(N)=O)NC(=O)[C@H](CO)NC(=O)[C@@H](NC(=O)[C@H](CC)Cc2ccccc2)[C@@H](C)CC)[C@H](C)CC)[C@@H](C)CC)[C@H](C)OC(=O)[C@H]([C@@H](C)CC)NC1=O. The molecule has 0 saturated carbocycles. The van der Waals surface area contributed by atoms with Gasteiger partial charge in [0.05, 0.1) is 13.2 Å². The number of benzene rings is 1. The van der Waals surface area contributed by atoms with E-state index < -0.39 is 193 Å². The number of nitrogens with two attached hydrogens (primary N) is 1. The van der Waals surface area contributed by atoms with E-state index in [0.717, 1.165) is 5.56 Å². The van der Waals surface area contributed by atoms with Gasteiger partial charge in [0.2, 0.25) is 65.0 Å². The summed E-state index contributed by atoms with van der Waals surface area (Å²) < 4.78 is 5.71. The number of rotatable bonds is 32. The fourth-order valence-electron chi connectivity index (χ4n) is 9.17. The molecule has 26 heteroatoms. The minimum Gasteiger partial charge on any atom is -0.458 e. The molecule has 85 heavy (non-hydrogen) atoms. The van der Waals surface area contributed by atoms with Crippen molar-refractivity contribution in [3.05, 3.63) is 35.9 Å². The van der Waals surface area contributed by atoms with Crippen LogP contribution in [0.2, 0.25) is 0 Å². The van der Waals surface area contributed by atoms with Crippen LogP contribution in [-0.4, -0.2) is 161 Å². The number of aliphatic hydroxyl groups excluding tert-OH is 2. The molecule has 1 aromatic carbocycles. The Balaban J connectivity index is 2.41. The lowest BCUT2D eigenvalue weighted by Gasteiger charge is -2.31. The van der Waals surface area contributed by atoms with Crippen molar-refractivity contribution < 1.29 is 72.5 Å². The van der Waals surface area contributed by atoms with Crippen LogP contribution in [0.1, 0.15) is 147 Å². The molecular weight excluding hydrogens is 1100 g/mol. The summed E-state index contributed by atoms with van der Waals surface area (Å²) >= 11 is 0. The van der Waals surface area contributed by atoms with Crippen molar-refractivity contribution >= 4 is 70.9 Å². The summed E-state index contributed by atoms with van der Waals surface area (Å²) in [6.07, 6.45) is 0.453. The number of amides is 11. The molecule has 1 unspecified atom stereocenters. The zero-order valence-corrected chi connectivity index (χ0v) is 51.8. The standard InChI is InChI=1S/C59H97N11O15/c1-14-30(7)43(66-50(75)38(19-6)27-37-23-21-20-22-24-37)54(79)63-40(28-71)52(77)62-39(25-26-42(60)73)51(76)67-46(33(10)17-4)56(81)68-44(31(8)15-2)55(80)64-41(29-72)53(78)70-48-36(13)85-59(84)47(34(11)18-5)69-57(82)45(32(9)16-3)65-49(74)35(12)61-58(48)83/h20-24,30-36,38-41,43-48,71-72H,14-19,25-29H2,1-13H3,(H2,60,73)(H,61,83)(H,62,77)(H,63,79)(H,64,80)(H,65,74)(H,66,75)(H,67,76)(H,68,81)(H,69,82)(H,70,78)/t30-,31-,32?,33+,34-,35-,36-,38+,39+,40-,41-,43-,44-,45-,46+,47-,48+/m0/s1. The average molecular weight is 1200 g/mol. The van der Waals surface area contributed by atoms with Gasteiger partial charge in [0.25, 0.3) is 0 Å². The number of hydrogen-bond donors (Lipinski definition) is 13. The van der Waals surface area contributed by atoms with E-state index in [1.807, 2.05) is 51.1 Å². The lowest BCUT2D eigenvalue weighted by Crippen LogP contribution is -2.63. The van der Waals surface area contributed by atoms with Crippen molar-refractivity contribution in [2.24, 2.45) is 41.2 Å². The van der Waals surface area contributed by atoms with E-state index in [4.69, 9.17) is 10.5 Å². The molecule has 17 atom stereocenters. The van der Waals surface area contributed by atoms with Gasteiger partial charge in [-0.1, -0.05) is 139 Å². The molecular formula is C59H97N11O15. The number of hydrogen-bond acceptors (Lipinski definition) is 15. The van der Waals surface area contributed by atoms with Gasteiger partial charge < -0.3 is 73.9 Å². The molecule has 1 aromatic rings. The molecule has 1 saturated heterocycles. The highest BCUT2D eigenvalue weighted by Gasteiger charge is 2.41. The Bertz CT molecular complexity index is 2430. The van der Waals surface area contributed by atoms with E-state index in [0.29, 0.717) is 32.1 Å². The Kier molecular flexibility index (Phi) is 31.8. The van der Waals surface area contributed by atoms with E-state index in [2.05, 4.69) is 53.2 Å². The molecule has 0 spiro atoms. The minimum absolute atomic E-state index is 0.267. The smallest absolute Gasteiger partial charge is 0.329 e. The molecule has 1 aliphatic heterocycles. The first kappa shape index (κ1) is 73.9. The van der Waals surface area contributed by atoms with Gasteiger partial charge in [-0.15, -0.1) is 0 Å². The quantitative estimate of drug-likeness (QED) is 0.0407. The average Bonchev–Trinajstić information content (AvgIpc) is 3.55. The van der Waals surface area contributed by atoms with Crippen molar-refractivity contribution in [2.45, 2.75) is 214 Å². The van der Waals surface area contributed by atoms with E-state index in [1.54, 1.807) is 55.4 Å². The van der Waals surface area contributed by atoms with Crippen molar-refractivity contribution in [1.29, 1.82) is 0 Å². The number of carbonyl (C=O) groups is 12. The zero-order chi connectivity index (χ0) is 64.4. The maximum atomic E-state index is 14.4. The molecule has 0 radical (unpaired) electrons. The highest BCUT2D eigenvalue weighted by atomic mass is 16.5. The Labute approximate surface area is 499 Å². The highest BCUT2D eigenvalue weighted by molar-refractivity contribution is 5.99. The van der Waals surface area contributed by atoms with Crippen LogP contribution >= 0.6 is 0 Å². The van der Waals surface area contributed by atoms with Crippen LogP contribution in [0, 0.1) is 35.5 Å². The number of ether oxygens (including phenoxy) is 1. The lowest BCUT2D eigenvalue weighted by molar-refractivity contribution is -0.157. The second-order valence-corrected chi connectivity index (χ2v) is 22.6. The lowest BCUT2D eigenvalue weighted by atomic mass is 9.93. The summed E-state index contributed by atoms with van der Waals surface area (Å²) in [5.41, 5.74) is 6.37. The van der Waals surface area contributed by atoms with E-state index in [9.17, 15) is 67.7 Å². The Hall–Kier alpha value is -7.22. The summed E-state index contributed by atoms with van der Waals surface area (Å²) in [5.74, 6) is -13.5. The maximum absolute atomic E-state index is 14.4. The van der Waals surface area contributed by atoms with Crippen LogP contribution in [-0.2, 0) is 68.7 Å². The summed E-state index contributed by atoms with van der Waals surface area (Å²) in [7, 11) is 0. The van der Waals surface area contributed by atoms with E-state index in [-0.39, 0.29) is 18.7 Å². The van der Waals surface area contributed by atoms with Crippen LogP contribution in [0.15, 0.2) is 30.3 Å².